The maximum atomic E-state index is 12.0. The van der Waals surface area contributed by atoms with Gasteiger partial charge in [0, 0.05) is 31.7 Å². The summed E-state index contributed by atoms with van der Waals surface area (Å²) in [4.78, 5) is 16.8. The van der Waals surface area contributed by atoms with Crippen LogP contribution < -0.4 is 9.64 Å². The highest BCUT2D eigenvalue weighted by molar-refractivity contribution is 6.02. The molecule has 1 fully saturated rings. The summed E-state index contributed by atoms with van der Waals surface area (Å²) in [5.74, 6) is 0.721. The monoisotopic (exact) mass is 290 g/mol. The molecule has 1 aromatic rings. The first-order valence-corrected chi connectivity index (χ1v) is 7.52. The van der Waals surface area contributed by atoms with E-state index in [0.29, 0.717) is 11.3 Å². The summed E-state index contributed by atoms with van der Waals surface area (Å²) in [6.07, 6.45) is 0. The lowest BCUT2D eigenvalue weighted by atomic mass is 10.0. The fourth-order valence-corrected chi connectivity index (χ4v) is 2.93. The van der Waals surface area contributed by atoms with Crippen LogP contribution in [0.5, 0.6) is 5.75 Å². The third-order valence-electron chi connectivity index (χ3n) is 4.15. The number of carbonyl (C=O) groups is 1. The molecule has 1 saturated heterocycles. The Morgan fingerprint density at radius 2 is 1.76 bits per heavy atom. The molecule has 0 N–H and O–H groups in total. The molecule has 0 atom stereocenters. The number of nitrogens with zero attached hydrogens (tertiary/aromatic N) is 2. The van der Waals surface area contributed by atoms with E-state index in [1.54, 1.807) is 14.0 Å². The van der Waals surface area contributed by atoms with Crippen molar-refractivity contribution in [2.75, 3.05) is 38.2 Å². The van der Waals surface area contributed by atoms with Crippen LogP contribution in [0.3, 0.4) is 0 Å². The second kappa shape index (κ2) is 6.06. The number of piperazine rings is 1. The lowest BCUT2D eigenvalue weighted by Crippen LogP contribution is -2.53. The smallest absolute Gasteiger partial charge is 0.165 e. The van der Waals surface area contributed by atoms with Gasteiger partial charge in [0.2, 0.25) is 0 Å². The summed E-state index contributed by atoms with van der Waals surface area (Å²) in [6, 6.07) is 5.83. The zero-order valence-electron chi connectivity index (χ0n) is 13.8. The first-order valence-electron chi connectivity index (χ1n) is 7.52. The number of ketones is 1. The Bertz CT molecular complexity index is 512. The number of hydrogen-bond acceptors (Lipinski definition) is 4. The van der Waals surface area contributed by atoms with Crippen LogP contribution in [0.25, 0.3) is 0 Å². The summed E-state index contributed by atoms with van der Waals surface area (Å²) in [5, 5.41) is 0. The quantitative estimate of drug-likeness (QED) is 0.801. The summed E-state index contributed by atoms with van der Waals surface area (Å²) in [7, 11) is 1.61. The Balaban J connectivity index is 2.23. The summed E-state index contributed by atoms with van der Waals surface area (Å²) in [6.45, 7) is 12.2. The molecule has 1 aliphatic rings. The average Bonchev–Trinajstić information content (AvgIpc) is 2.45. The molecule has 4 nitrogen and oxygen atoms in total. The van der Waals surface area contributed by atoms with Gasteiger partial charge in [-0.05, 0) is 39.8 Å². The number of benzene rings is 1. The van der Waals surface area contributed by atoms with Gasteiger partial charge < -0.3 is 9.64 Å². The minimum atomic E-state index is 0.0562. The van der Waals surface area contributed by atoms with Crippen LogP contribution in [0, 0.1) is 0 Å². The predicted octanol–water partition coefficient (Wildman–Crippen LogP) is 2.82. The van der Waals surface area contributed by atoms with Crippen LogP contribution in [-0.2, 0) is 0 Å². The highest BCUT2D eigenvalue weighted by Gasteiger charge is 2.27. The van der Waals surface area contributed by atoms with Gasteiger partial charge in [-0.25, -0.2) is 0 Å². The lowest BCUT2D eigenvalue weighted by molar-refractivity contribution is 0.101. The molecule has 0 aliphatic carbocycles. The second-order valence-corrected chi connectivity index (χ2v) is 6.56. The molecule has 1 heterocycles. The third kappa shape index (κ3) is 3.38. The molecule has 0 bridgehead atoms. The van der Waals surface area contributed by atoms with Gasteiger partial charge in [0.05, 0.1) is 18.4 Å². The first kappa shape index (κ1) is 15.8. The van der Waals surface area contributed by atoms with Crippen molar-refractivity contribution in [1.29, 1.82) is 0 Å². The maximum absolute atomic E-state index is 12.0. The molecule has 1 aliphatic heterocycles. The van der Waals surface area contributed by atoms with Crippen LogP contribution >= 0.6 is 0 Å². The van der Waals surface area contributed by atoms with Crippen molar-refractivity contribution in [3.05, 3.63) is 23.8 Å². The summed E-state index contributed by atoms with van der Waals surface area (Å²) >= 11 is 0. The predicted molar refractivity (Wildman–Crippen MR) is 86.5 cm³/mol. The van der Waals surface area contributed by atoms with E-state index in [-0.39, 0.29) is 11.3 Å². The fraction of sp³-hybridized carbons (Fsp3) is 0.588. The highest BCUT2D eigenvalue weighted by Crippen LogP contribution is 2.31. The van der Waals surface area contributed by atoms with Gasteiger partial charge >= 0.3 is 0 Å². The number of rotatable bonds is 3. The van der Waals surface area contributed by atoms with Crippen molar-refractivity contribution in [3.63, 3.8) is 0 Å². The van der Waals surface area contributed by atoms with E-state index in [4.69, 9.17) is 4.74 Å². The van der Waals surface area contributed by atoms with Crippen LogP contribution in [0.15, 0.2) is 18.2 Å². The Kier molecular flexibility index (Phi) is 4.57. The molecule has 0 unspecified atom stereocenters. The third-order valence-corrected chi connectivity index (χ3v) is 4.15. The van der Waals surface area contributed by atoms with Crippen molar-refractivity contribution in [2.24, 2.45) is 0 Å². The minimum Gasteiger partial charge on any atom is -0.496 e. The molecular weight excluding hydrogens is 264 g/mol. The summed E-state index contributed by atoms with van der Waals surface area (Å²) in [5.41, 5.74) is 1.89. The molecule has 0 saturated carbocycles. The Labute approximate surface area is 127 Å². The van der Waals surface area contributed by atoms with E-state index in [1.165, 1.54) is 0 Å². The van der Waals surface area contributed by atoms with E-state index in [1.807, 2.05) is 18.2 Å². The first-order chi connectivity index (χ1) is 9.84. The lowest BCUT2D eigenvalue weighted by Gasteiger charge is -2.43. The van der Waals surface area contributed by atoms with Crippen LogP contribution in [0.2, 0.25) is 0 Å². The molecule has 0 amide bonds. The number of hydrogen-bond donors (Lipinski definition) is 0. The van der Waals surface area contributed by atoms with Gasteiger partial charge in [-0.2, -0.15) is 0 Å². The molecule has 2 rings (SSSR count). The fourth-order valence-electron chi connectivity index (χ4n) is 2.93. The number of anilines is 1. The van der Waals surface area contributed by atoms with Crippen molar-refractivity contribution in [3.8, 4) is 5.75 Å². The second-order valence-electron chi connectivity index (χ2n) is 6.56. The van der Waals surface area contributed by atoms with Gasteiger partial charge in [0.15, 0.2) is 5.78 Å². The Morgan fingerprint density at radius 1 is 1.14 bits per heavy atom. The van der Waals surface area contributed by atoms with Gasteiger partial charge in [0.25, 0.3) is 0 Å². The molecule has 1 aromatic carbocycles. The van der Waals surface area contributed by atoms with E-state index in [9.17, 15) is 4.79 Å². The van der Waals surface area contributed by atoms with Crippen molar-refractivity contribution < 1.29 is 9.53 Å². The van der Waals surface area contributed by atoms with E-state index in [2.05, 4.69) is 30.6 Å². The molecule has 4 heteroatoms. The largest absolute Gasteiger partial charge is 0.496 e. The van der Waals surface area contributed by atoms with Crippen molar-refractivity contribution >= 4 is 11.5 Å². The molecule has 0 radical (unpaired) electrons. The molecule has 116 valence electrons. The number of carbonyl (C=O) groups excluding carboxylic acids is 1. The summed E-state index contributed by atoms with van der Waals surface area (Å²) < 4.78 is 5.36. The Morgan fingerprint density at radius 3 is 2.24 bits per heavy atom. The van der Waals surface area contributed by atoms with E-state index >= 15 is 0 Å². The SMILES string of the molecule is COc1cccc(N2CCN(C(C)(C)C)CC2)c1C(C)=O. The van der Waals surface area contributed by atoms with Gasteiger partial charge in [-0.3, -0.25) is 9.69 Å². The topological polar surface area (TPSA) is 32.8 Å². The molecule has 21 heavy (non-hydrogen) atoms. The number of ether oxygens (including phenoxy) is 1. The molecular formula is C17H26N2O2. The van der Waals surface area contributed by atoms with Crippen molar-refractivity contribution in [2.45, 2.75) is 33.2 Å². The van der Waals surface area contributed by atoms with Crippen LogP contribution in [0.1, 0.15) is 38.1 Å². The zero-order valence-corrected chi connectivity index (χ0v) is 13.8. The average molecular weight is 290 g/mol. The maximum Gasteiger partial charge on any atom is 0.165 e. The number of methoxy groups -OCH3 is 1. The van der Waals surface area contributed by atoms with Gasteiger partial charge in [-0.1, -0.05) is 6.07 Å². The van der Waals surface area contributed by atoms with Gasteiger partial charge in [0.1, 0.15) is 5.75 Å². The molecule has 0 aromatic heterocycles. The molecule has 0 spiro atoms. The number of Topliss-reactive ketones (excluding diaryl/α,β-unsaturated/α-hetero) is 1. The van der Waals surface area contributed by atoms with E-state index in [0.717, 1.165) is 31.9 Å². The van der Waals surface area contributed by atoms with Crippen LogP contribution in [0.4, 0.5) is 5.69 Å². The Hall–Kier alpha value is -1.55. The zero-order chi connectivity index (χ0) is 15.6. The standard InChI is InChI=1S/C17H26N2O2/c1-13(20)16-14(7-6-8-15(16)21-5)18-9-11-19(12-10-18)17(2,3)4/h6-8H,9-12H2,1-5H3. The van der Waals surface area contributed by atoms with Gasteiger partial charge in [-0.15, -0.1) is 0 Å². The highest BCUT2D eigenvalue weighted by atomic mass is 16.5. The van der Waals surface area contributed by atoms with E-state index < -0.39 is 0 Å². The normalized spacial score (nSPS) is 16.9. The minimum absolute atomic E-state index is 0.0562. The van der Waals surface area contributed by atoms with Crippen molar-refractivity contribution in [1.82, 2.24) is 4.90 Å². The van der Waals surface area contributed by atoms with Crippen LogP contribution in [-0.4, -0.2) is 49.5 Å².